The van der Waals surface area contributed by atoms with Crippen LogP contribution in [-0.2, 0) is 20.8 Å². The molecule has 0 aliphatic heterocycles. The molecule has 0 aliphatic carbocycles. The van der Waals surface area contributed by atoms with Crippen LogP contribution in [0.1, 0.15) is 26.3 Å². The van der Waals surface area contributed by atoms with E-state index in [0.717, 1.165) is 10.6 Å². The van der Waals surface area contributed by atoms with Gasteiger partial charge in [-0.15, -0.1) is 0 Å². The number of hydroxylamine groups is 2. The van der Waals surface area contributed by atoms with Gasteiger partial charge in [0, 0.05) is 7.05 Å². The van der Waals surface area contributed by atoms with Crippen LogP contribution >= 0.6 is 0 Å². The maximum absolute atomic E-state index is 12.4. The fraction of sp³-hybridized carbons (Fsp3) is 0.562. The van der Waals surface area contributed by atoms with Gasteiger partial charge in [-0.1, -0.05) is 30.3 Å². The zero-order valence-electron chi connectivity index (χ0n) is 13.9. The second-order valence-corrected chi connectivity index (χ2v) is 6.01. The van der Waals surface area contributed by atoms with Gasteiger partial charge in [0.15, 0.2) is 0 Å². The monoisotopic (exact) mass is 310 g/mol. The third-order valence-corrected chi connectivity index (χ3v) is 2.97. The van der Waals surface area contributed by atoms with Gasteiger partial charge in [-0.25, -0.2) is 5.06 Å². The maximum atomic E-state index is 12.4. The highest BCUT2D eigenvalue weighted by molar-refractivity contribution is 5.81. The lowest BCUT2D eigenvalue weighted by molar-refractivity contribution is -0.195. The number of aliphatic hydroxyl groups excluding tert-OH is 1. The van der Waals surface area contributed by atoms with Crippen molar-refractivity contribution in [1.82, 2.24) is 10.4 Å². The van der Waals surface area contributed by atoms with E-state index in [1.54, 1.807) is 0 Å². The summed E-state index contributed by atoms with van der Waals surface area (Å²) in [5.74, 6) is -0.289. The fourth-order valence-electron chi connectivity index (χ4n) is 1.92. The number of aliphatic hydroxyl groups is 1. The summed E-state index contributed by atoms with van der Waals surface area (Å²) in [6.45, 7) is 5.48. The van der Waals surface area contributed by atoms with Crippen molar-refractivity contribution in [3.63, 3.8) is 0 Å². The van der Waals surface area contributed by atoms with Crippen molar-refractivity contribution < 1.29 is 19.5 Å². The van der Waals surface area contributed by atoms with Crippen LogP contribution < -0.4 is 5.32 Å². The first-order chi connectivity index (χ1) is 10.2. The van der Waals surface area contributed by atoms with Crippen LogP contribution in [-0.4, -0.2) is 48.3 Å². The molecule has 0 saturated carbocycles. The highest BCUT2D eigenvalue weighted by Crippen LogP contribution is 2.11. The lowest BCUT2D eigenvalue weighted by Crippen LogP contribution is -2.52. The van der Waals surface area contributed by atoms with Crippen LogP contribution in [0.4, 0.5) is 0 Å². The first kappa shape index (κ1) is 18.6. The molecule has 0 aromatic heterocycles. The number of nitrogens with zero attached hydrogens (tertiary/aromatic N) is 1. The molecule has 124 valence electrons. The minimum absolute atomic E-state index is 0.289. The van der Waals surface area contributed by atoms with Crippen molar-refractivity contribution in [1.29, 1.82) is 0 Å². The predicted molar refractivity (Wildman–Crippen MR) is 83.7 cm³/mol. The van der Waals surface area contributed by atoms with Gasteiger partial charge < -0.3 is 9.84 Å². The van der Waals surface area contributed by atoms with Gasteiger partial charge in [0.05, 0.1) is 18.8 Å². The van der Waals surface area contributed by atoms with Gasteiger partial charge >= 0.3 is 0 Å². The summed E-state index contributed by atoms with van der Waals surface area (Å²) >= 11 is 0. The van der Waals surface area contributed by atoms with E-state index in [-0.39, 0.29) is 5.91 Å². The number of carbonyl (C=O) groups excluding carboxylic acids is 1. The quantitative estimate of drug-likeness (QED) is 0.587. The predicted octanol–water partition coefficient (Wildman–Crippen LogP) is 1.30. The smallest absolute Gasteiger partial charge is 0.263 e. The second-order valence-electron chi connectivity index (χ2n) is 6.01. The van der Waals surface area contributed by atoms with E-state index in [2.05, 4.69) is 5.32 Å². The Morgan fingerprint density at radius 2 is 1.91 bits per heavy atom. The molecule has 22 heavy (non-hydrogen) atoms. The normalized spacial score (nSPS) is 14.5. The van der Waals surface area contributed by atoms with Gasteiger partial charge in [0.25, 0.3) is 5.91 Å². The number of hydrogen-bond acceptors (Lipinski definition) is 5. The summed E-state index contributed by atoms with van der Waals surface area (Å²) < 4.78 is 5.40. The maximum Gasteiger partial charge on any atom is 0.263 e. The number of likely N-dealkylation sites (N-methyl/N-ethyl adjacent to an activating group) is 1. The Kier molecular flexibility index (Phi) is 6.96. The molecule has 2 N–H and O–H groups in total. The molecule has 0 aliphatic rings. The van der Waals surface area contributed by atoms with Crippen molar-refractivity contribution in [2.24, 2.45) is 0 Å². The minimum Gasteiger partial charge on any atom is -0.356 e. The Morgan fingerprint density at radius 3 is 2.41 bits per heavy atom. The van der Waals surface area contributed by atoms with E-state index in [0.29, 0.717) is 6.42 Å². The van der Waals surface area contributed by atoms with Crippen LogP contribution in [0.3, 0.4) is 0 Å². The number of carbonyl (C=O) groups is 1. The molecule has 1 aromatic rings. The molecule has 0 saturated heterocycles. The topological polar surface area (TPSA) is 71.0 Å². The van der Waals surface area contributed by atoms with Gasteiger partial charge in [-0.2, -0.15) is 0 Å². The summed E-state index contributed by atoms with van der Waals surface area (Å²) in [6.07, 6.45) is -0.833. The third kappa shape index (κ3) is 6.53. The SMILES string of the molecule is CON(C)C(=O)[C@H](Cc1ccccc1)NC(O)OC(C)(C)C. The highest BCUT2D eigenvalue weighted by atomic mass is 16.7. The lowest BCUT2D eigenvalue weighted by atomic mass is 10.1. The molecule has 1 rings (SSSR count). The number of rotatable bonds is 7. The third-order valence-electron chi connectivity index (χ3n) is 2.97. The molecular weight excluding hydrogens is 284 g/mol. The second kappa shape index (κ2) is 8.24. The van der Waals surface area contributed by atoms with Crippen LogP contribution in [0.2, 0.25) is 0 Å². The molecule has 0 fully saturated rings. The summed E-state index contributed by atoms with van der Waals surface area (Å²) in [5.41, 5.74) is 0.445. The summed E-state index contributed by atoms with van der Waals surface area (Å²) in [7, 11) is 2.94. The Bertz CT molecular complexity index is 459. The summed E-state index contributed by atoms with van der Waals surface area (Å²) in [5, 5.41) is 13.9. The van der Waals surface area contributed by atoms with Gasteiger partial charge in [-0.05, 0) is 32.8 Å². The van der Waals surface area contributed by atoms with Crippen molar-refractivity contribution in [3.05, 3.63) is 35.9 Å². The molecule has 1 unspecified atom stereocenters. The number of benzene rings is 1. The molecule has 6 nitrogen and oxygen atoms in total. The van der Waals surface area contributed by atoms with Crippen LogP contribution in [0, 0.1) is 0 Å². The van der Waals surface area contributed by atoms with E-state index in [1.165, 1.54) is 14.2 Å². The molecule has 0 spiro atoms. The number of ether oxygens (including phenoxy) is 1. The molecule has 2 atom stereocenters. The minimum atomic E-state index is -1.25. The zero-order chi connectivity index (χ0) is 16.8. The van der Waals surface area contributed by atoms with E-state index >= 15 is 0 Å². The molecule has 6 heteroatoms. The lowest BCUT2D eigenvalue weighted by Gasteiger charge is -2.29. The van der Waals surface area contributed by atoms with Gasteiger partial charge in [-0.3, -0.25) is 14.9 Å². The molecule has 0 heterocycles. The Labute approximate surface area is 132 Å². The zero-order valence-corrected chi connectivity index (χ0v) is 13.9. The standard InChI is InChI=1S/C16H26N2O4/c1-16(2,3)22-15(20)17-13(14(19)18(4)21-5)11-12-9-7-6-8-10-12/h6-10,13,15,17,20H,11H2,1-5H3/t13-,15?/m0/s1. The molecule has 0 radical (unpaired) electrons. The molecular formula is C16H26N2O4. The van der Waals surface area contributed by atoms with E-state index < -0.39 is 18.1 Å². The fourth-order valence-corrected chi connectivity index (χ4v) is 1.92. The van der Waals surface area contributed by atoms with Gasteiger partial charge in [0.2, 0.25) is 6.41 Å². The Morgan fingerprint density at radius 1 is 1.32 bits per heavy atom. The average Bonchev–Trinajstić information content (AvgIpc) is 2.44. The van der Waals surface area contributed by atoms with Crippen molar-refractivity contribution in [2.75, 3.05) is 14.2 Å². The van der Waals surface area contributed by atoms with Crippen molar-refractivity contribution in [3.8, 4) is 0 Å². The molecule has 0 bridgehead atoms. The Hall–Kier alpha value is -1.47. The molecule has 1 amide bonds. The van der Waals surface area contributed by atoms with E-state index in [9.17, 15) is 9.90 Å². The number of hydrogen-bond donors (Lipinski definition) is 2. The van der Waals surface area contributed by atoms with E-state index in [4.69, 9.17) is 9.57 Å². The molecule has 1 aromatic carbocycles. The van der Waals surface area contributed by atoms with Crippen LogP contribution in [0.25, 0.3) is 0 Å². The summed E-state index contributed by atoms with van der Waals surface area (Å²) in [4.78, 5) is 17.3. The first-order valence-corrected chi connectivity index (χ1v) is 7.20. The van der Waals surface area contributed by atoms with E-state index in [1.807, 2.05) is 51.1 Å². The summed E-state index contributed by atoms with van der Waals surface area (Å²) in [6, 6.07) is 8.90. The average molecular weight is 310 g/mol. The number of nitrogens with one attached hydrogen (secondary N) is 1. The van der Waals surface area contributed by atoms with Crippen molar-refractivity contribution >= 4 is 5.91 Å². The van der Waals surface area contributed by atoms with Crippen LogP contribution in [0.15, 0.2) is 30.3 Å². The Balaban J connectivity index is 2.80. The largest absolute Gasteiger partial charge is 0.356 e. The van der Waals surface area contributed by atoms with Crippen molar-refractivity contribution in [2.45, 2.75) is 45.2 Å². The van der Waals surface area contributed by atoms with Gasteiger partial charge in [0.1, 0.15) is 0 Å². The highest BCUT2D eigenvalue weighted by Gasteiger charge is 2.27. The number of amides is 1. The first-order valence-electron chi connectivity index (χ1n) is 7.20. The van der Waals surface area contributed by atoms with Crippen LogP contribution in [0.5, 0.6) is 0 Å².